The van der Waals surface area contributed by atoms with Crippen LogP contribution in [0.4, 0.5) is 0 Å². The van der Waals surface area contributed by atoms with E-state index in [1.165, 1.54) is 4.31 Å². The van der Waals surface area contributed by atoms with Crippen molar-refractivity contribution < 1.29 is 8.42 Å². The Morgan fingerprint density at radius 1 is 1.42 bits per heavy atom. The molecule has 0 aromatic rings. The normalized spacial score (nSPS) is 19.2. The molecule has 0 aliphatic carbocycles. The lowest BCUT2D eigenvalue weighted by Gasteiger charge is -2.36. The highest BCUT2D eigenvalue weighted by Crippen LogP contribution is 2.22. The lowest BCUT2D eigenvalue weighted by Crippen LogP contribution is -2.50. The predicted octanol–water partition coefficient (Wildman–Crippen LogP) is 1.06. The van der Waals surface area contributed by atoms with Crippen LogP contribution in [0.2, 0.25) is 0 Å². The maximum absolute atomic E-state index is 12.6. The van der Waals surface area contributed by atoms with Gasteiger partial charge in [-0.2, -0.15) is 17.0 Å². The Hall–Kier alpha value is -0.430. The zero-order valence-corrected chi connectivity index (χ0v) is 13.1. The van der Waals surface area contributed by atoms with Crippen molar-refractivity contribution in [3.8, 4) is 0 Å². The van der Waals surface area contributed by atoms with Crippen LogP contribution in [-0.2, 0) is 10.2 Å². The number of nitrogens with one attached hydrogen (secondary N) is 1. The molecule has 0 saturated carbocycles. The van der Waals surface area contributed by atoms with E-state index in [1.54, 1.807) is 10.4 Å². The van der Waals surface area contributed by atoms with Crippen molar-refractivity contribution in [2.45, 2.75) is 32.7 Å². The third kappa shape index (κ3) is 4.27. The average molecular weight is 289 g/mol. The highest BCUT2D eigenvalue weighted by molar-refractivity contribution is 7.86. The minimum Gasteiger partial charge on any atom is -0.319 e. The molecule has 1 rings (SSSR count). The van der Waals surface area contributed by atoms with Crippen LogP contribution >= 0.6 is 0 Å². The molecule has 1 heterocycles. The molecule has 1 fully saturated rings. The Morgan fingerprint density at radius 3 is 2.42 bits per heavy atom. The van der Waals surface area contributed by atoms with Gasteiger partial charge in [-0.25, -0.2) is 0 Å². The Labute approximate surface area is 117 Å². The summed E-state index contributed by atoms with van der Waals surface area (Å²) in [5.74, 6) is 0.586. The number of hydrogen-bond acceptors (Lipinski definition) is 3. The molecule has 5 nitrogen and oxygen atoms in total. The molecule has 6 heteroatoms. The highest BCUT2D eigenvalue weighted by Gasteiger charge is 2.33. The van der Waals surface area contributed by atoms with E-state index in [9.17, 15) is 8.42 Å². The van der Waals surface area contributed by atoms with Crippen molar-refractivity contribution >= 4 is 10.2 Å². The summed E-state index contributed by atoms with van der Waals surface area (Å²) in [5.41, 5.74) is 0. The fourth-order valence-corrected chi connectivity index (χ4v) is 4.28. The second-order valence-electron chi connectivity index (χ2n) is 5.36. The predicted molar refractivity (Wildman–Crippen MR) is 79.2 cm³/mol. The summed E-state index contributed by atoms with van der Waals surface area (Å²) in [6.45, 7) is 10.0. The van der Waals surface area contributed by atoms with Crippen LogP contribution in [0.25, 0.3) is 0 Å². The summed E-state index contributed by atoms with van der Waals surface area (Å²) in [6, 6.07) is -0.0435. The molecule has 1 saturated heterocycles. The second kappa shape index (κ2) is 7.38. The van der Waals surface area contributed by atoms with Crippen LogP contribution in [0, 0.1) is 5.92 Å². The van der Waals surface area contributed by atoms with E-state index in [0.717, 1.165) is 19.4 Å². The van der Waals surface area contributed by atoms with Crippen molar-refractivity contribution in [1.82, 2.24) is 13.9 Å². The molecule has 0 unspecified atom stereocenters. The van der Waals surface area contributed by atoms with Gasteiger partial charge in [0, 0.05) is 25.7 Å². The Kier molecular flexibility index (Phi) is 6.46. The number of hydrogen-bond donors (Lipinski definition) is 1. The van der Waals surface area contributed by atoms with E-state index in [1.807, 2.05) is 20.9 Å². The van der Waals surface area contributed by atoms with Gasteiger partial charge >= 0.3 is 0 Å². The fourth-order valence-electron chi connectivity index (χ4n) is 2.48. The van der Waals surface area contributed by atoms with E-state index in [0.29, 0.717) is 25.6 Å². The molecule has 1 aliphatic heterocycles. The van der Waals surface area contributed by atoms with Crippen molar-refractivity contribution in [1.29, 1.82) is 0 Å². The third-order valence-corrected chi connectivity index (χ3v) is 5.76. The van der Waals surface area contributed by atoms with Gasteiger partial charge in [0.05, 0.1) is 0 Å². The van der Waals surface area contributed by atoms with Crippen LogP contribution in [0.5, 0.6) is 0 Å². The van der Waals surface area contributed by atoms with Crippen LogP contribution < -0.4 is 5.32 Å². The van der Waals surface area contributed by atoms with Gasteiger partial charge in [0.15, 0.2) is 0 Å². The Morgan fingerprint density at radius 2 is 2.00 bits per heavy atom. The number of piperidine rings is 1. The summed E-state index contributed by atoms with van der Waals surface area (Å²) >= 11 is 0. The minimum atomic E-state index is -3.35. The van der Waals surface area contributed by atoms with Crippen molar-refractivity contribution in [3.05, 3.63) is 12.7 Å². The molecule has 0 atom stereocenters. The van der Waals surface area contributed by atoms with Crippen molar-refractivity contribution in [3.63, 3.8) is 0 Å². The van der Waals surface area contributed by atoms with Gasteiger partial charge < -0.3 is 5.32 Å². The smallest absolute Gasteiger partial charge is 0.282 e. The molecular weight excluding hydrogens is 262 g/mol. The van der Waals surface area contributed by atoms with Crippen molar-refractivity contribution in [2.24, 2.45) is 5.92 Å². The molecule has 1 N–H and O–H groups in total. The maximum Gasteiger partial charge on any atom is 0.282 e. The molecule has 0 aromatic carbocycles. The standard InChI is InChI=1S/C13H27N3O2S/c1-5-8-16(12(2)3)19(17,18)15-9-6-13(7-10-15)11-14-4/h5,12-14H,1,6-11H2,2-4H3. The number of nitrogens with zero attached hydrogens (tertiary/aromatic N) is 2. The summed E-state index contributed by atoms with van der Waals surface area (Å²) < 4.78 is 28.3. The summed E-state index contributed by atoms with van der Waals surface area (Å²) in [6.07, 6.45) is 3.51. The molecule has 19 heavy (non-hydrogen) atoms. The molecular formula is C13H27N3O2S. The van der Waals surface area contributed by atoms with E-state index in [2.05, 4.69) is 11.9 Å². The SMILES string of the molecule is C=CCN(C(C)C)S(=O)(=O)N1CCC(CNC)CC1. The van der Waals surface area contributed by atoms with E-state index in [-0.39, 0.29) is 6.04 Å². The quantitative estimate of drug-likeness (QED) is 0.713. The minimum absolute atomic E-state index is 0.0435. The van der Waals surface area contributed by atoms with Gasteiger partial charge in [-0.1, -0.05) is 6.08 Å². The third-order valence-electron chi connectivity index (χ3n) is 3.57. The summed E-state index contributed by atoms with van der Waals surface area (Å²) in [5, 5.41) is 3.16. The first-order valence-corrected chi connectivity index (χ1v) is 8.35. The molecule has 0 amide bonds. The van der Waals surface area contributed by atoms with Crippen LogP contribution in [-0.4, -0.2) is 56.3 Å². The molecule has 1 aliphatic rings. The van der Waals surface area contributed by atoms with Gasteiger partial charge in [0.25, 0.3) is 10.2 Å². The second-order valence-corrected chi connectivity index (χ2v) is 7.24. The Bertz CT molecular complexity index is 373. The lowest BCUT2D eigenvalue weighted by molar-refractivity contribution is 0.247. The van der Waals surface area contributed by atoms with E-state index < -0.39 is 10.2 Å². The van der Waals surface area contributed by atoms with Gasteiger partial charge in [-0.05, 0) is 46.2 Å². The fraction of sp³-hybridized carbons (Fsp3) is 0.846. The van der Waals surface area contributed by atoms with E-state index >= 15 is 0 Å². The van der Waals surface area contributed by atoms with Gasteiger partial charge in [0.1, 0.15) is 0 Å². The van der Waals surface area contributed by atoms with E-state index in [4.69, 9.17) is 0 Å². The van der Waals surface area contributed by atoms with Gasteiger partial charge in [-0.3, -0.25) is 0 Å². The topological polar surface area (TPSA) is 52.7 Å². The van der Waals surface area contributed by atoms with Crippen LogP contribution in [0.15, 0.2) is 12.7 Å². The van der Waals surface area contributed by atoms with Gasteiger partial charge in [0.2, 0.25) is 0 Å². The first-order chi connectivity index (χ1) is 8.93. The lowest BCUT2D eigenvalue weighted by atomic mass is 9.98. The van der Waals surface area contributed by atoms with Crippen LogP contribution in [0.1, 0.15) is 26.7 Å². The molecule has 0 aromatic heterocycles. The first-order valence-electron chi connectivity index (χ1n) is 6.95. The maximum atomic E-state index is 12.6. The average Bonchev–Trinajstić information content (AvgIpc) is 2.36. The zero-order valence-electron chi connectivity index (χ0n) is 12.3. The largest absolute Gasteiger partial charge is 0.319 e. The van der Waals surface area contributed by atoms with Crippen molar-refractivity contribution in [2.75, 3.05) is 33.2 Å². The molecule has 0 bridgehead atoms. The zero-order chi connectivity index (χ0) is 14.5. The Balaban J connectivity index is 2.70. The monoisotopic (exact) mass is 289 g/mol. The molecule has 112 valence electrons. The number of rotatable bonds is 7. The van der Waals surface area contributed by atoms with Crippen LogP contribution in [0.3, 0.4) is 0 Å². The molecule has 0 spiro atoms. The highest BCUT2D eigenvalue weighted by atomic mass is 32.2. The van der Waals surface area contributed by atoms with Gasteiger partial charge in [-0.15, -0.1) is 6.58 Å². The first kappa shape index (κ1) is 16.6. The summed E-state index contributed by atoms with van der Waals surface area (Å²) in [4.78, 5) is 0. The molecule has 0 radical (unpaired) electrons. The summed E-state index contributed by atoms with van der Waals surface area (Å²) in [7, 11) is -1.41.